The summed E-state index contributed by atoms with van der Waals surface area (Å²) >= 11 is 0. The van der Waals surface area contributed by atoms with E-state index in [2.05, 4.69) is 24.3 Å². The molecule has 0 heterocycles. The van der Waals surface area contributed by atoms with Crippen LogP contribution >= 0.6 is 0 Å². The molecule has 0 spiro atoms. The van der Waals surface area contributed by atoms with E-state index in [0.717, 1.165) is 0 Å². The number of amides is 1. The van der Waals surface area contributed by atoms with E-state index in [-0.39, 0.29) is 17.7 Å². The first kappa shape index (κ1) is 52.3. The van der Waals surface area contributed by atoms with Crippen molar-refractivity contribution in [3.05, 3.63) is 94.0 Å². The standard InChI is InChI=1S/C46H66N2O16/c1-47(46(49)64-38-45-43-8-4-2-6-41(43)42-7-3-5-9-44(42)45)14-15-52-16-17-53-18-19-54-20-21-55-22-23-56-24-25-57-26-27-58-28-29-59-30-31-60-32-33-61-34-35-62-36-37-63-40-12-10-39(11-13-40)48(50)51/h2-13,45H,14-38H2,1H3. The Bertz CT molecular complexity index is 1620. The lowest BCUT2D eigenvalue weighted by atomic mass is 9.98. The number of hydrogen-bond acceptors (Lipinski definition) is 16. The molecule has 0 aromatic heterocycles. The Hall–Kier alpha value is -4.31. The number of rotatable bonds is 40. The molecule has 18 nitrogen and oxygen atoms in total. The number of carbonyl (C=O) groups is 1. The van der Waals surface area contributed by atoms with E-state index in [1.165, 1.54) is 39.3 Å². The number of likely N-dealkylation sites (N-methyl/N-ethyl adjacent to an activating group) is 1. The van der Waals surface area contributed by atoms with E-state index in [0.29, 0.717) is 171 Å². The summed E-state index contributed by atoms with van der Waals surface area (Å²) in [5.41, 5.74) is 4.80. The first-order valence-electron chi connectivity index (χ1n) is 21.8. The Morgan fingerprint density at radius 3 is 1.17 bits per heavy atom. The zero-order valence-electron chi connectivity index (χ0n) is 37.1. The molecule has 0 N–H and O–H groups in total. The van der Waals surface area contributed by atoms with Gasteiger partial charge in [-0.3, -0.25) is 10.1 Å². The third-order valence-electron chi connectivity index (χ3n) is 9.48. The first-order valence-corrected chi connectivity index (χ1v) is 21.8. The van der Waals surface area contributed by atoms with Crippen LogP contribution in [-0.4, -0.2) is 188 Å². The normalized spacial score (nSPS) is 12.0. The van der Waals surface area contributed by atoms with Gasteiger partial charge >= 0.3 is 6.09 Å². The van der Waals surface area contributed by atoms with Gasteiger partial charge in [-0.25, -0.2) is 4.79 Å². The molecule has 1 aliphatic carbocycles. The minimum atomic E-state index is -0.454. The Labute approximate surface area is 376 Å². The van der Waals surface area contributed by atoms with Crippen molar-refractivity contribution in [3.8, 4) is 16.9 Å². The van der Waals surface area contributed by atoms with Gasteiger partial charge in [0.15, 0.2) is 0 Å². The summed E-state index contributed by atoms with van der Waals surface area (Å²) in [6.45, 7) is 11.0. The van der Waals surface area contributed by atoms with Crippen molar-refractivity contribution in [1.82, 2.24) is 4.90 Å². The topological polar surface area (TPSA) is 183 Å². The number of nitro benzene ring substituents is 1. The Morgan fingerprint density at radius 2 is 0.812 bits per heavy atom. The second-order valence-electron chi connectivity index (χ2n) is 14.1. The number of nitrogens with zero attached hydrogens (tertiary/aromatic N) is 2. The molecule has 0 fully saturated rings. The summed E-state index contributed by atoms with van der Waals surface area (Å²) in [5.74, 6) is 0.582. The van der Waals surface area contributed by atoms with Gasteiger partial charge in [0.1, 0.15) is 19.0 Å². The van der Waals surface area contributed by atoms with E-state index in [1.807, 2.05) is 24.3 Å². The van der Waals surface area contributed by atoms with Gasteiger partial charge < -0.3 is 66.5 Å². The van der Waals surface area contributed by atoms with Crippen LogP contribution < -0.4 is 4.74 Å². The van der Waals surface area contributed by atoms with Gasteiger partial charge in [0, 0.05) is 31.6 Å². The van der Waals surface area contributed by atoms with E-state index < -0.39 is 4.92 Å². The quantitative estimate of drug-likeness (QED) is 0.0420. The maximum atomic E-state index is 12.6. The fourth-order valence-electron chi connectivity index (χ4n) is 6.18. The molecule has 0 atom stereocenters. The summed E-state index contributed by atoms with van der Waals surface area (Å²) in [4.78, 5) is 24.4. The third kappa shape index (κ3) is 22.1. The maximum Gasteiger partial charge on any atom is 0.409 e. The maximum absolute atomic E-state index is 12.6. The summed E-state index contributed by atoms with van der Waals surface area (Å²) < 4.78 is 71.8. The number of benzene rings is 3. The molecule has 0 aliphatic heterocycles. The predicted octanol–water partition coefficient (Wildman–Crippen LogP) is 5.04. The molecule has 0 unspecified atom stereocenters. The average Bonchev–Trinajstić information content (AvgIpc) is 3.63. The number of carbonyl (C=O) groups excluding carboxylic acids is 1. The van der Waals surface area contributed by atoms with Crippen molar-refractivity contribution < 1.29 is 71.3 Å². The minimum Gasteiger partial charge on any atom is -0.491 e. The van der Waals surface area contributed by atoms with Crippen LogP contribution in [0.25, 0.3) is 11.1 Å². The van der Waals surface area contributed by atoms with Crippen LogP contribution in [0.4, 0.5) is 10.5 Å². The molecule has 356 valence electrons. The molecule has 0 bridgehead atoms. The molecule has 0 saturated carbocycles. The van der Waals surface area contributed by atoms with Crippen LogP contribution in [0.2, 0.25) is 0 Å². The summed E-state index contributed by atoms with van der Waals surface area (Å²) in [6, 6.07) is 22.5. The van der Waals surface area contributed by atoms with Crippen LogP contribution in [0.3, 0.4) is 0 Å². The van der Waals surface area contributed by atoms with Gasteiger partial charge in [-0.15, -0.1) is 0 Å². The highest BCUT2D eigenvalue weighted by Gasteiger charge is 2.29. The predicted molar refractivity (Wildman–Crippen MR) is 235 cm³/mol. The van der Waals surface area contributed by atoms with Gasteiger partial charge in [0.2, 0.25) is 0 Å². The van der Waals surface area contributed by atoms with Crippen molar-refractivity contribution in [3.63, 3.8) is 0 Å². The third-order valence-corrected chi connectivity index (χ3v) is 9.48. The zero-order valence-corrected chi connectivity index (χ0v) is 37.1. The van der Waals surface area contributed by atoms with Crippen LogP contribution in [0.5, 0.6) is 5.75 Å². The van der Waals surface area contributed by atoms with Crippen molar-refractivity contribution in [2.24, 2.45) is 0 Å². The van der Waals surface area contributed by atoms with Crippen molar-refractivity contribution in [2.45, 2.75) is 5.92 Å². The van der Waals surface area contributed by atoms with Crippen LogP contribution in [0, 0.1) is 10.1 Å². The number of ether oxygens (including phenoxy) is 13. The fourth-order valence-corrected chi connectivity index (χ4v) is 6.18. The lowest BCUT2D eigenvalue weighted by Crippen LogP contribution is -2.32. The van der Waals surface area contributed by atoms with E-state index >= 15 is 0 Å². The van der Waals surface area contributed by atoms with E-state index in [4.69, 9.17) is 61.6 Å². The average molecular weight is 903 g/mol. The number of fused-ring (bicyclic) bond motifs is 3. The monoisotopic (exact) mass is 902 g/mol. The second kappa shape index (κ2) is 34.1. The van der Waals surface area contributed by atoms with Crippen LogP contribution in [0.15, 0.2) is 72.8 Å². The van der Waals surface area contributed by atoms with Crippen LogP contribution in [0.1, 0.15) is 17.0 Å². The Kier molecular flexibility index (Phi) is 27.9. The summed E-state index contributed by atoms with van der Waals surface area (Å²) in [7, 11) is 1.71. The lowest BCUT2D eigenvalue weighted by molar-refractivity contribution is -0.384. The molecule has 1 amide bonds. The van der Waals surface area contributed by atoms with Gasteiger partial charge in [0.25, 0.3) is 5.69 Å². The van der Waals surface area contributed by atoms with Gasteiger partial charge in [0.05, 0.1) is 150 Å². The minimum absolute atomic E-state index is 0.0210. The molecule has 3 aromatic rings. The largest absolute Gasteiger partial charge is 0.491 e. The zero-order chi connectivity index (χ0) is 45.1. The number of hydrogen-bond donors (Lipinski definition) is 0. The second-order valence-corrected chi connectivity index (χ2v) is 14.1. The van der Waals surface area contributed by atoms with E-state index in [9.17, 15) is 14.9 Å². The molecule has 3 aromatic carbocycles. The van der Waals surface area contributed by atoms with Gasteiger partial charge in [-0.2, -0.15) is 0 Å². The Balaban J connectivity index is 0.776. The summed E-state index contributed by atoms with van der Waals surface area (Å²) in [6.07, 6.45) is -0.371. The highest BCUT2D eigenvalue weighted by Crippen LogP contribution is 2.44. The van der Waals surface area contributed by atoms with Crippen molar-refractivity contribution in [1.29, 1.82) is 0 Å². The first-order chi connectivity index (χ1) is 31.5. The SMILES string of the molecule is CN(CCOCCOCCOCCOCCOCCOCCOCCOCCOCCOCCOCCOc1ccc([N+](=O)[O-])cc1)C(=O)OCC1c2ccccc2-c2ccccc21. The highest BCUT2D eigenvalue weighted by atomic mass is 16.6. The molecule has 0 radical (unpaired) electrons. The molecule has 18 heteroatoms. The number of nitro groups is 1. The highest BCUT2D eigenvalue weighted by molar-refractivity contribution is 5.79. The molecule has 0 saturated heterocycles. The van der Waals surface area contributed by atoms with Gasteiger partial charge in [-0.05, 0) is 34.4 Å². The van der Waals surface area contributed by atoms with Crippen LogP contribution in [-0.2, 0) is 56.8 Å². The van der Waals surface area contributed by atoms with Crippen molar-refractivity contribution >= 4 is 11.8 Å². The van der Waals surface area contributed by atoms with Crippen molar-refractivity contribution in [2.75, 3.05) is 172 Å². The number of non-ortho nitro benzene ring substituents is 1. The molecule has 4 rings (SSSR count). The lowest BCUT2D eigenvalue weighted by Gasteiger charge is -2.19. The summed E-state index contributed by atoms with van der Waals surface area (Å²) in [5, 5.41) is 10.7. The van der Waals surface area contributed by atoms with E-state index in [1.54, 1.807) is 19.2 Å². The smallest absolute Gasteiger partial charge is 0.409 e. The molecule has 64 heavy (non-hydrogen) atoms. The fraction of sp³-hybridized carbons (Fsp3) is 0.587. The van der Waals surface area contributed by atoms with Gasteiger partial charge in [-0.1, -0.05) is 48.5 Å². The Morgan fingerprint density at radius 1 is 0.484 bits per heavy atom. The molecular weight excluding hydrogens is 837 g/mol. The molecule has 1 aliphatic rings. The molecular formula is C46H66N2O16.